The van der Waals surface area contributed by atoms with Crippen molar-refractivity contribution >= 4 is 0 Å². The van der Waals surface area contributed by atoms with Gasteiger partial charge in [-0.2, -0.15) is 0 Å². The van der Waals surface area contributed by atoms with Gasteiger partial charge in [0.1, 0.15) is 0 Å². The average Bonchev–Trinajstić information content (AvgIpc) is 2.13. The van der Waals surface area contributed by atoms with Crippen LogP contribution in [0.2, 0.25) is 0 Å². The molecule has 3 heteroatoms. The van der Waals surface area contributed by atoms with Crippen molar-refractivity contribution in [1.29, 1.82) is 0 Å². The molecule has 0 saturated carbocycles. The third-order valence-corrected chi connectivity index (χ3v) is 2.78. The Morgan fingerprint density at radius 3 is 2.06 bits per heavy atom. The molecular formula is C13H30N2O. The van der Waals surface area contributed by atoms with Crippen molar-refractivity contribution in [1.82, 2.24) is 4.90 Å². The maximum absolute atomic E-state index is 9.74. The van der Waals surface area contributed by atoms with Crippen LogP contribution in [0.25, 0.3) is 0 Å². The number of rotatable bonds is 8. The topological polar surface area (TPSA) is 49.5 Å². The summed E-state index contributed by atoms with van der Waals surface area (Å²) in [5, 5.41) is 9.74. The molecule has 0 aromatic rings. The minimum Gasteiger partial charge on any atom is -0.390 e. The normalized spacial score (nSPS) is 13.5. The van der Waals surface area contributed by atoms with Gasteiger partial charge in [-0.15, -0.1) is 0 Å². The summed E-state index contributed by atoms with van der Waals surface area (Å²) in [6, 6.07) is 0. The van der Waals surface area contributed by atoms with Crippen molar-refractivity contribution < 1.29 is 5.11 Å². The summed E-state index contributed by atoms with van der Waals surface area (Å²) in [4.78, 5) is 2.41. The smallest absolute Gasteiger partial charge is 0.0603 e. The van der Waals surface area contributed by atoms with Gasteiger partial charge >= 0.3 is 0 Å². The third kappa shape index (κ3) is 8.08. The molecule has 0 fully saturated rings. The fourth-order valence-electron chi connectivity index (χ4n) is 1.69. The van der Waals surface area contributed by atoms with E-state index in [-0.39, 0.29) is 5.41 Å². The lowest BCUT2D eigenvalue weighted by molar-refractivity contribution is 0.0520. The van der Waals surface area contributed by atoms with Crippen LogP contribution in [0.15, 0.2) is 0 Å². The second-order valence-corrected chi connectivity index (χ2v) is 6.21. The lowest BCUT2D eigenvalue weighted by atomic mass is 9.92. The van der Waals surface area contributed by atoms with E-state index >= 15 is 0 Å². The van der Waals surface area contributed by atoms with Gasteiger partial charge in [-0.05, 0) is 45.2 Å². The van der Waals surface area contributed by atoms with E-state index in [1.165, 1.54) is 0 Å². The van der Waals surface area contributed by atoms with E-state index in [0.29, 0.717) is 6.54 Å². The first kappa shape index (κ1) is 15.9. The fraction of sp³-hybridized carbons (Fsp3) is 1.00. The van der Waals surface area contributed by atoms with E-state index in [1.807, 2.05) is 13.8 Å². The molecule has 16 heavy (non-hydrogen) atoms. The predicted octanol–water partition coefficient (Wildman–Crippen LogP) is 1.84. The first-order chi connectivity index (χ1) is 7.20. The first-order valence-corrected chi connectivity index (χ1v) is 6.35. The second-order valence-electron chi connectivity index (χ2n) is 6.21. The molecule has 0 aliphatic carbocycles. The Hall–Kier alpha value is -0.120. The van der Waals surface area contributed by atoms with Crippen molar-refractivity contribution in [2.45, 2.75) is 53.1 Å². The molecule has 0 aliphatic heterocycles. The van der Waals surface area contributed by atoms with Gasteiger partial charge in [0.25, 0.3) is 0 Å². The largest absolute Gasteiger partial charge is 0.390 e. The van der Waals surface area contributed by atoms with Crippen molar-refractivity contribution in [3.8, 4) is 0 Å². The molecule has 0 bridgehead atoms. The molecule has 0 heterocycles. The Labute approximate surface area is 101 Å². The summed E-state index contributed by atoms with van der Waals surface area (Å²) >= 11 is 0. The van der Waals surface area contributed by atoms with E-state index in [1.54, 1.807) is 0 Å². The number of aliphatic hydroxyl groups is 1. The molecule has 0 saturated heterocycles. The van der Waals surface area contributed by atoms with Crippen LogP contribution < -0.4 is 5.73 Å². The summed E-state index contributed by atoms with van der Waals surface area (Å²) in [6.07, 6.45) is 1.96. The van der Waals surface area contributed by atoms with Crippen LogP contribution in [0.1, 0.15) is 47.5 Å². The van der Waals surface area contributed by atoms with E-state index in [4.69, 9.17) is 5.73 Å². The SMILES string of the molecule is CCCN(CCC(C)(C)O)CC(C)(C)CN. The predicted molar refractivity (Wildman–Crippen MR) is 70.5 cm³/mol. The van der Waals surface area contributed by atoms with Crippen molar-refractivity contribution in [2.24, 2.45) is 11.1 Å². The zero-order chi connectivity index (χ0) is 12.8. The molecule has 0 spiro atoms. The van der Waals surface area contributed by atoms with Gasteiger partial charge in [-0.3, -0.25) is 0 Å². The van der Waals surface area contributed by atoms with Crippen LogP contribution in [-0.2, 0) is 0 Å². The van der Waals surface area contributed by atoms with E-state index < -0.39 is 5.60 Å². The minimum atomic E-state index is -0.571. The standard InChI is InChI=1S/C13H30N2O/c1-6-8-15(9-7-13(4,5)16)11-12(2,3)10-14/h16H,6-11,14H2,1-5H3. The second kappa shape index (κ2) is 6.58. The maximum atomic E-state index is 9.74. The number of nitrogens with two attached hydrogens (primary N) is 1. The summed E-state index contributed by atoms with van der Waals surface area (Å²) in [6.45, 7) is 14.0. The van der Waals surface area contributed by atoms with E-state index in [0.717, 1.165) is 32.5 Å². The highest BCUT2D eigenvalue weighted by molar-refractivity contribution is 4.76. The number of hydrogen-bond donors (Lipinski definition) is 2. The molecule has 0 rings (SSSR count). The van der Waals surface area contributed by atoms with Gasteiger partial charge in [0, 0.05) is 13.1 Å². The maximum Gasteiger partial charge on any atom is 0.0603 e. The molecule has 0 unspecified atom stereocenters. The first-order valence-electron chi connectivity index (χ1n) is 6.35. The van der Waals surface area contributed by atoms with Gasteiger partial charge in [-0.1, -0.05) is 20.8 Å². The molecule has 0 aromatic carbocycles. The quantitative estimate of drug-likeness (QED) is 0.669. The Morgan fingerprint density at radius 1 is 1.12 bits per heavy atom. The van der Waals surface area contributed by atoms with Gasteiger partial charge in [0.2, 0.25) is 0 Å². The van der Waals surface area contributed by atoms with Crippen LogP contribution in [-0.4, -0.2) is 41.8 Å². The Kier molecular flexibility index (Phi) is 6.53. The Morgan fingerprint density at radius 2 is 1.69 bits per heavy atom. The monoisotopic (exact) mass is 230 g/mol. The average molecular weight is 230 g/mol. The highest BCUT2D eigenvalue weighted by Gasteiger charge is 2.21. The molecule has 0 atom stereocenters. The van der Waals surface area contributed by atoms with Crippen LogP contribution in [0.3, 0.4) is 0 Å². The molecule has 0 radical (unpaired) electrons. The minimum absolute atomic E-state index is 0.161. The summed E-state index contributed by atoms with van der Waals surface area (Å²) in [5.74, 6) is 0. The van der Waals surface area contributed by atoms with Crippen LogP contribution >= 0.6 is 0 Å². The lowest BCUT2D eigenvalue weighted by Gasteiger charge is -2.33. The number of hydrogen-bond acceptors (Lipinski definition) is 3. The van der Waals surface area contributed by atoms with Crippen LogP contribution in [0.4, 0.5) is 0 Å². The highest BCUT2D eigenvalue weighted by atomic mass is 16.3. The van der Waals surface area contributed by atoms with Crippen molar-refractivity contribution in [2.75, 3.05) is 26.2 Å². The summed E-state index contributed by atoms with van der Waals surface area (Å²) in [5.41, 5.74) is 5.35. The molecular weight excluding hydrogens is 200 g/mol. The summed E-state index contributed by atoms with van der Waals surface area (Å²) in [7, 11) is 0. The molecule has 0 aromatic heterocycles. The van der Waals surface area contributed by atoms with E-state index in [9.17, 15) is 5.11 Å². The van der Waals surface area contributed by atoms with Gasteiger partial charge in [0.05, 0.1) is 5.60 Å². The molecule has 3 N–H and O–H groups in total. The zero-order valence-electron chi connectivity index (χ0n) is 11.7. The van der Waals surface area contributed by atoms with Crippen LogP contribution in [0.5, 0.6) is 0 Å². The summed E-state index contributed by atoms with van der Waals surface area (Å²) < 4.78 is 0. The third-order valence-electron chi connectivity index (χ3n) is 2.78. The van der Waals surface area contributed by atoms with Gasteiger partial charge < -0.3 is 15.7 Å². The van der Waals surface area contributed by atoms with Crippen LogP contribution in [0, 0.1) is 5.41 Å². The number of nitrogens with zero attached hydrogens (tertiary/aromatic N) is 1. The Balaban J connectivity index is 4.17. The fourth-order valence-corrected chi connectivity index (χ4v) is 1.69. The Bertz CT molecular complexity index is 185. The molecule has 3 nitrogen and oxygen atoms in total. The lowest BCUT2D eigenvalue weighted by Crippen LogP contribution is -2.41. The zero-order valence-corrected chi connectivity index (χ0v) is 11.7. The molecule has 0 aliphatic rings. The molecule has 0 amide bonds. The van der Waals surface area contributed by atoms with Crippen molar-refractivity contribution in [3.05, 3.63) is 0 Å². The van der Waals surface area contributed by atoms with Gasteiger partial charge in [-0.25, -0.2) is 0 Å². The van der Waals surface area contributed by atoms with E-state index in [2.05, 4.69) is 25.7 Å². The highest BCUT2D eigenvalue weighted by Crippen LogP contribution is 2.17. The molecule has 98 valence electrons. The van der Waals surface area contributed by atoms with Gasteiger partial charge in [0.15, 0.2) is 0 Å². The van der Waals surface area contributed by atoms with Crippen molar-refractivity contribution in [3.63, 3.8) is 0 Å².